The highest BCUT2D eigenvalue weighted by atomic mass is 32.1. The molecule has 132 valence electrons. The van der Waals surface area contributed by atoms with E-state index in [2.05, 4.69) is 17.4 Å². The monoisotopic (exact) mass is 359 g/mol. The van der Waals surface area contributed by atoms with E-state index in [1.54, 1.807) is 11.4 Å². The number of fused-ring (bicyclic) bond motifs is 1. The number of hydrogen-bond donors (Lipinski definition) is 2. The first-order valence-corrected chi connectivity index (χ1v) is 9.20. The fourth-order valence-corrected chi connectivity index (χ4v) is 4.14. The summed E-state index contributed by atoms with van der Waals surface area (Å²) in [5.74, 6) is -0.614. The van der Waals surface area contributed by atoms with E-state index < -0.39 is 12.0 Å². The second-order valence-electron chi connectivity index (χ2n) is 6.24. The minimum absolute atomic E-state index is 0.157. The molecule has 0 bridgehead atoms. The highest BCUT2D eigenvalue weighted by molar-refractivity contribution is 7.12. The number of thiophene rings is 1. The zero-order chi connectivity index (χ0) is 17.8. The summed E-state index contributed by atoms with van der Waals surface area (Å²) in [5, 5.41) is 14.0. The predicted octanol–water partition coefficient (Wildman–Crippen LogP) is 3.45. The second-order valence-corrected chi connectivity index (χ2v) is 7.15. The number of hydrogen-bond acceptors (Lipinski definition) is 4. The molecule has 1 amide bonds. The van der Waals surface area contributed by atoms with Crippen LogP contribution in [0.2, 0.25) is 0 Å². The molecule has 2 unspecified atom stereocenters. The van der Waals surface area contributed by atoms with Crippen molar-refractivity contribution in [1.82, 2.24) is 5.32 Å². The van der Waals surface area contributed by atoms with Crippen LogP contribution < -0.4 is 10.1 Å². The van der Waals surface area contributed by atoms with E-state index in [1.165, 1.54) is 29.6 Å². The topological polar surface area (TPSA) is 75.6 Å². The van der Waals surface area contributed by atoms with Crippen molar-refractivity contribution in [1.29, 1.82) is 0 Å². The number of carboxylic acid groups (broad SMARTS) is 1. The van der Waals surface area contributed by atoms with E-state index in [-0.39, 0.29) is 11.8 Å². The van der Waals surface area contributed by atoms with Gasteiger partial charge in [0.05, 0.1) is 12.0 Å². The minimum atomic E-state index is -1.00. The number of carbonyl (C=O) groups is 2. The maximum Gasteiger partial charge on any atom is 0.326 e. The molecule has 0 radical (unpaired) electrons. The molecule has 0 saturated heterocycles. The Kier molecular flexibility index (Phi) is 5.38. The van der Waals surface area contributed by atoms with Crippen LogP contribution in [-0.2, 0) is 11.2 Å². The molecule has 0 spiro atoms. The van der Waals surface area contributed by atoms with Gasteiger partial charge in [0.1, 0.15) is 11.8 Å². The maximum absolute atomic E-state index is 12.4. The highest BCUT2D eigenvalue weighted by Gasteiger charge is 2.28. The van der Waals surface area contributed by atoms with Crippen LogP contribution in [0.4, 0.5) is 0 Å². The summed E-state index contributed by atoms with van der Waals surface area (Å²) in [7, 11) is 1.53. The molecule has 2 atom stereocenters. The normalized spacial score (nSPS) is 17.4. The first kappa shape index (κ1) is 17.5. The lowest BCUT2D eigenvalue weighted by Gasteiger charge is -2.28. The maximum atomic E-state index is 12.4. The Morgan fingerprint density at radius 1 is 1.40 bits per heavy atom. The van der Waals surface area contributed by atoms with Crippen molar-refractivity contribution in [2.45, 2.75) is 37.6 Å². The van der Waals surface area contributed by atoms with Gasteiger partial charge in [-0.25, -0.2) is 4.79 Å². The molecule has 2 N–H and O–H groups in total. The van der Waals surface area contributed by atoms with Gasteiger partial charge in [-0.3, -0.25) is 4.79 Å². The Labute approximate surface area is 150 Å². The molecule has 1 aromatic carbocycles. The third kappa shape index (κ3) is 4.02. The molecule has 6 heteroatoms. The largest absolute Gasteiger partial charge is 0.496 e. The zero-order valence-electron chi connectivity index (χ0n) is 14.0. The van der Waals surface area contributed by atoms with Crippen molar-refractivity contribution in [3.05, 3.63) is 51.7 Å². The molecule has 0 fully saturated rings. The van der Waals surface area contributed by atoms with Crippen LogP contribution in [0.15, 0.2) is 35.7 Å². The van der Waals surface area contributed by atoms with Crippen LogP contribution >= 0.6 is 11.3 Å². The quantitative estimate of drug-likeness (QED) is 0.828. The average molecular weight is 359 g/mol. The van der Waals surface area contributed by atoms with E-state index in [9.17, 15) is 14.7 Å². The second kappa shape index (κ2) is 7.70. The number of methoxy groups -OCH3 is 1. The van der Waals surface area contributed by atoms with Gasteiger partial charge in [-0.05, 0) is 42.7 Å². The fourth-order valence-electron chi connectivity index (χ4n) is 3.38. The van der Waals surface area contributed by atoms with Crippen molar-refractivity contribution >= 4 is 23.2 Å². The number of rotatable bonds is 6. The molecule has 2 aromatic rings. The number of aryl methyl sites for hydroxylation is 1. The summed E-state index contributed by atoms with van der Waals surface area (Å²) in [4.78, 5) is 24.5. The first-order valence-electron chi connectivity index (χ1n) is 8.32. The molecule has 3 rings (SSSR count). The first-order chi connectivity index (χ1) is 12.1. The number of nitrogens with one attached hydrogen (secondary N) is 1. The van der Waals surface area contributed by atoms with Gasteiger partial charge >= 0.3 is 5.97 Å². The van der Waals surface area contributed by atoms with Gasteiger partial charge in [-0.2, -0.15) is 0 Å². The number of carboxylic acids is 1. The van der Waals surface area contributed by atoms with Gasteiger partial charge in [-0.1, -0.05) is 24.3 Å². The van der Waals surface area contributed by atoms with Crippen molar-refractivity contribution in [3.63, 3.8) is 0 Å². The molecule has 0 saturated carbocycles. The van der Waals surface area contributed by atoms with Gasteiger partial charge in [0.25, 0.3) is 5.91 Å². The number of carbonyl (C=O) groups excluding carboxylic acids is 1. The summed E-state index contributed by atoms with van der Waals surface area (Å²) in [6, 6.07) is 8.90. The van der Waals surface area contributed by atoms with Gasteiger partial charge < -0.3 is 15.2 Å². The van der Waals surface area contributed by atoms with E-state index in [4.69, 9.17) is 4.74 Å². The zero-order valence-corrected chi connectivity index (χ0v) is 14.8. The molecule has 1 aromatic heterocycles. The summed E-state index contributed by atoms with van der Waals surface area (Å²) >= 11 is 1.24. The third-order valence-corrected chi connectivity index (χ3v) is 5.56. The molecule has 1 aliphatic rings. The standard InChI is InChI=1S/C19H21NO4S/c1-24-14-10-17(25-11-14)18(21)20-16(19(22)23)9-13-7-4-6-12-5-2-3-8-15(12)13/h2-3,5,8,10-11,13,16H,4,6-7,9H2,1H3,(H,20,21)(H,22,23). The van der Waals surface area contributed by atoms with Gasteiger partial charge in [0.15, 0.2) is 0 Å². The van der Waals surface area contributed by atoms with Crippen molar-refractivity contribution < 1.29 is 19.4 Å². The summed E-state index contributed by atoms with van der Waals surface area (Å²) in [6.45, 7) is 0. The van der Waals surface area contributed by atoms with Crippen LogP contribution in [0.3, 0.4) is 0 Å². The predicted molar refractivity (Wildman–Crippen MR) is 96.5 cm³/mol. The highest BCUT2D eigenvalue weighted by Crippen LogP contribution is 2.34. The molecule has 1 heterocycles. The Balaban J connectivity index is 1.72. The van der Waals surface area contributed by atoms with E-state index in [0.29, 0.717) is 17.0 Å². The summed E-state index contributed by atoms with van der Waals surface area (Å²) in [6.07, 6.45) is 3.43. The Morgan fingerprint density at radius 2 is 2.20 bits per heavy atom. The number of ether oxygens (including phenoxy) is 1. The lowest BCUT2D eigenvalue weighted by molar-refractivity contribution is -0.139. The average Bonchev–Trinajstić information content (AvgIpc) is 3.10. The van der Waals surface area contributed by atoms with Crippen LogP contribution in [0, 0.1) is 0 Å². The molecule has 0 aliphatic heterocycles. The van der Waals surface area contributed by atoms with Crippen LogP contribution in [0.5, 0.6) is 5.75 Å². The van der Waals surface area contributed by atoms with Crippen LogP contribution in [-0.4, -0.2) is 30.1 Å². The van der Waals surface area contributed by atoms with Gasteiger partial charge in [0, 0.05) is 11.4 Å². The van der Waals surface area contributed by atoms with Gasteiger partial charge in [-0.15, -0.1) is 11.3 Å². The number of aliphatic carboxylic acids is 1. The molecule has 1 aliphatic carbocycles. The van der Waals surface area contributed by atoms with Crippen molar-refractivity contribution in [3.8, 4) is 5.75 Å². The smallest absolute Gasteiger partial charge is 0.326 e. The van der Waals surface area contributed by atoms with E-state index in [0.717, 1.165) is 19.3 Å². The minimum Gasteiger partial charge on any atom is -0.496 e. The molecular formula is C19H21NO4S. The third-order valence-electron chi connectivity index (χ3n) is 4.65. The van der Waals surface area contributed by atoms with Gasteiger partial charge in [0.2, 0.25) is 0 Å². The van der Waals surface area contributed by atoms with Crippen LogP contribution in [0.25, 0.3) is 0 Å². The molecule has 5 nitrogen and oxygen atoms in total. The lowest BCUT2D eigenvalue weighted by Crippen LogP contribution is -2.41. The SMILES string of the molecule is COc1csc(C(=O)NC(CC2CCCc3ccccc32)C(=O)O)c1. The molecule has 25 heavy (non-hydrogen) atoms. The van der Waals surface area contributed by atoms with Crippen molar-refractivity contribution in [2.24, 2.45) is 0 Å². The van der Waals surface area contributed by atoms with Crippen molar-refractivity contribution in [2.75, 3.05) is 7.11 Å². The Hall–Kier alpha value is -2.34. The Bertz CT molecular complexity index is 770. The summed E-state index contributed by atoms with van der Waals surface area (Å²) < 4.78 is 5.07. The van der Waals surface area contributed by atoms with Crippen LogP contribution in [0.1, 0.15) is 46.0 Å². The number of benzene rings is 1. The van der Waals surface area contributed by atoms with E-state index in [1.807, 2.05) is 12.1 Å². The Morgan fingerprint density at radius 3 is 2.92 bits per heavy atom. The number of amides is 1. The lowest BCUT2D eigenvalue weighted by atomic mass is 9.79. The molecular weight excluding hydrogens is 338 g/mol. The van der Waals surface area contributed by atoms with E-state index >= 15 is 0 Å². The summed E-state index contributed by atoms with van der Waals surface area (Å²) in [5.41, 5.74) is 2.50. The fraction of sp³-hybridized carbons (Fsp3) is 0.368.